The first-order valence-corrected chi connectivity index (χ1v) is 12.2. The molecule has 7 unspecified atom stereocenters. The Kier molecular flexibility index (Phi) is 4.85. The molecule has 2 amide bonds. The van der Waals surface area contributed by atoms with E-state index in [1.54, 1.807) is 12.6 Å². The Morgan fingerprint density at radius 3 is 2.56 bits per heavy atom. The Hall–Kier alpha value is -2.63. The van der Waals surface area contributed by atoms with Crippen LogP contribution in [-0.2, 0) is 16.0 Å². The van der Waals surface area contributed by atoms with Gasteiger partial charge in [0.2, 0.25) is 11.8 Å². The van der Waals surface area contributed by atoms with E-state index in [4.69, 9.17) is 0 Å². The van der Waals surface area contributed by atoms with Crippen LogP contribution in [0.15, 0.2) is 41.4 Å². The van der Waals surface area contributed by atoms with Crippen molar-refractivity contribution in [2.45, 2.75) is 31.6 Å². The molecule has 4 aliphatic carbocycles. The summed E-state index contributed by atoms with van der Waals surface area (Å²) in [5, 5.41) is 6.86. The topological polar surface area (TPSA) is 73.8 Å². The average Bonchev–Trinajstić information content (AvgIpc) is 3.07. The number of carbonyl (C=O) groups is 2. The molecule has 32 heavy (non-hydrogen) atoms. The second-order valence-corrected chi connectivity index (χ2v) is 10.2. The monoisotopic (exact) mass is 432 g/mol. The number of carbonyl (C=O) groups excluding carboxylic acids is 2. The number of rotatable bonds is 6. The first-order chi connectivity index (χ1) is 15.7. The summed E-state index contributed by atoms with van der Waals surface area (Å²) in [4.78, 5) is 31.4. The number of guanidine groups is 1. The SMILES string of the molecule is CN=C(NCCCN1C(=O)C2C3C=CC(C3)C2C1=O)NCC1C2CCc3ccccc3C21. The molecule has 6 heteroatoms. The van der Waals surface area contributed by atoms with Gasteiger partial charge in [-0.05, 0) is 66.4 Å². The highest BCUT2D eigenvalue weighted by Crippen LogP contribution is 2.59. The minimum Gasteiger partial charge on any atom is -0.356 e. The second-order valence-electron chi connectivity index (χ2n) is 10.2. The van der Waals surface area contributed by atoms with Crippen molar-refractivity contribution >= 4 is 17.8 Å². The van der Waals surface area contributed by atoms with Crippen LogP contribution in [-0.4, -0.2) is 49.4 Å². The molecule has 0 aromatic heterocycles. The number of hydrogen-bond donors (Lipinski definition) is 2. The summed E-state index contributed by atoms with van der Waals surface area (Å²) in [7, 11) is 1.79. The van der Waals surface area contributed by atoms with Crippen molar-refractivity contribution < 1.29 is 9.59 Å². The zero-order chi connectivity index (χ0) is 21.8. The minimum absolute atomic E-state index is 0.0518. The van der Waals surface area contributed by atoms with Crippen LogP contribution in [0, 0.1) is 35.5 Å². The lowest BCUT2D eigenvalue weighted by Gasteiger charge is -2.18. The molecular weight excluding hydrogens is 400 g/mol. The van der Waals surface area contributed by atoms with E-state index in [0.29, 0.717) is 24.9 Å². The number of allylic oxidation sites excluding steroid dienone is 2. The number of benzene rings is 1. The van der Waals surface area contributed by atoms with Gasteiger partial charge < -0.3 is 10.6 Å². The maximum absolute atomic E-state index is 12.8. The summed E-state index contributed by atoms with van der Waals surface area (Å²) < 4.78 is 0. The smallest absolute Gasteiger partial charge is 0.233 e. The van der Waals surface area contributed by atoms with Crippen LogP contribution in [0.1, 0.15) is 36.3 Å². The molecule has 1 aromatic rings. The van der Waals surface area contributed by atoms with E-state index in [9.17, 15) is 9.59 Å². The van der Waals surface area contributed by atoms with Gasteiger partial charge in [0.1, 0.15) is 0 Å². The van der Waals surface area contributed by atoms with Gasteiger partial charge >= 0.3 is 0 Å². The molecule has 2 saturated carbocycles. The number of likely N-dealkylation sites (tertiary alicyclic amines) is 1. The number of nitrogens with one attached hydrogen (secondary N) is 2. The van der Waals surface area contributed by atoms with E-state index < -0.39 is 0 Å². The molecule has 7 atom stereocenters. The highest BCUT2D eigenvalue weighted by Gasteiger charge is 2.59. The zero-order valence-electron chi connectivity index (χ0n) is 18.7. The third kappa shape index (κ3) is 3.10. The lowest BCUT2D eigenvalue weighted by molar-refractivity contribution is -0.140. The first kappa shape index (κ1) is 20.0. The van der Waals surface area contributed by atoms with E-state index in [1.807, 2.05) is 0 Å². The fourth-order valence-electron chi connectivity index (χ4n) is 7.05. The van der Waals surface area contributed by atoms with Crippen LogP contribution in [0.3, 0.4) is 0 Å². The van der Waals surface area contributed by atoms with E-state index in [1.165, 1.54) is 23.3 Å². The predicted octanol–water partition coefficient (Wildman–Crippen LogP) is 2.32. The van der Waals surface area contributed by atoms with Crippen LogP contribution in [0.25, 0.3) is 0 Å². The molecule has 2 N–H and O–H groups in total. The molecule has 6 nitrogen and oxygen atoms in total. The van der Waals surface area contributed by atoms with Crippen LogP contribution < -0.4 is 10.6 Å². The number of aliphatic imine (C=N–C) groups is 1. The third-order valence-electron chi connectivity index (χ3n) is 8.63. The molecule has 1 aliphatic heterocycles. The Morgan fingerprint density at radius 1 is 1.06 bits per heavy atom. The van der Waals surface area contributed by atoms with Crippen LogP contribution in [0.5, 0.6) is 0 Å². The van der Waals surface area contributed by atoms with Crippen LogP contribution in [0.4, 0.5) is 0 Å². The van der Waals surface area contributed by atoms with Gasteiger partial charge in [0.25, 0.3) is 0 Å². The van der Waals surface area contributed by atoms with Crippen molar-refractivity contribution in [2.75, 3.05) is 26.7 Å². The summed E-state index contributed by atoms with van der Waals surface area (Å²) in [6, 6.07) is 8.89. The van der Waals surface area contributed by atoms with E-state index >= 15 is 0 Å². The lowest BCUT2D eigenvalue weighted by atomic mass is 9.85. The number of nitrogens with zero attached hydrogens (tertiary/aromatic N) is 2. The molecule has 3 fully saturated rings. The van der Waals surface area contributed by atoms with Crippen molar-refractivity contribution in [1.29, 1.82) is 0 Å². The Bertz CT molecular complexity index is 971. The van der Waals surface area contributed by atoms with Gasteiger partial charge in [0, 0.05) is 26.7 Å². The largest absolute Gasteiger partial charge is 0.356 e. The second kappa shape index (κ2) is 7.75. The van der Waals surface area contributed by atoms with Crippen molar-refractivity contribution in [3.63, 3.8) is 0 Å². The fourth-order valence-corrected chi connectivity index (χ4v) is 7.05. The van der Waals surface area contributed by atoms with E-state index in [-0.39, 0.29) is 35.5 Å². The summed E-state index contributed by atoms with van der Waals surface area (Å²) in [5.41, 5.74) is 3.07. The number of amides is 2. The van der Waals surface area contributed by atoms with E-state index in [2.05, 4.69) is 52.0 Å². The highest BCUT2D eigenvalue weighted by atomic mass is 16.2. The quantitative estimate of drug-likeness (QED) is 0.238. The number of hydrogen-bond acceptors (Lipinski definition) is 3. The lowest BCUT2D eigenvalue weighted by Crippen LogP contribution is -2.40. The number of fused-ring (bicyclic) bond motifs is 8. The summed E-state index contributed by atoms with van der Waals surface area (Å²) in [6.45, 7) is 2.13. The van der Waals surface area contributed by atoms with Crippen LogP contribution in [0.2, 0.25) is 0 Å². The van der Waals surface area contributed by atoms with Gasteiger partial charge in [-0.1, -0.05) is 36.4 Å². The molecule has 2 bridgehead atoms. The van der Waals surface area contributed by atoms with Crippen LogP contribution >= 0.6 is 0 Å². The van der Waals surface area contributed by atoms with Gasteiger partial charge in [0.15, 0.2) is 5.96 Å². The number of aryl methyl sites for hydroxylation is 1. The summed E-state index contributed by atoms with van der Waals surface area (Å²) in [6.07, 6.45) is 8.50. The van der Waals surface area contributed by atoms with Gasteiger partial charge in [-0.2, -0.15) is 0 Å². The maximum Gasteiger partial charge on any atom is 0.233 e. The summed E-state index contributed by atoms with van der Waals surface area (Å²) >= 11 is 0. The predicted molar refractivity (Wildman–Crippen MR) is 123 cm³/mol. The molecule has 1 saturated heterocycles. The van der Waals surface area contributed by atoms with Crippen molar-refractivity contribution in [1.82, 2.24) is 15.5 Å². The number of imide groups is 1. The van der Waals surface area contributed by atoms with Gasteiger partial charge in [-0.25, -0.2) is 0 Å². The average molecular weight is 433 g/mol. The Morgan fingerprint density at radius 2 is 1.81 bits per heavy atom. The minimum atomic E-state index is -0.0907. The first-order valence-electron chi connectivity index (χ1n) is 12.2. The van der Waals surface area contributed by atoms with Gasteiger partial charge in [-0.3, -0.25) is 19.5 Å². The Labute approximate surface area is 189 Å². The van der Waals surface area contributed by atoms with Crippen molar-refractivity contribution in [3.05, 3.63) is 47.5 Å². The molecule has 0 radical (unpaired) electrons. The molecule has 1 heterocycles. The van der Waals surface area contributed by atoms with Gasteiger partial charge in [0.05, 0.1) is 11.8 Å². The molecule has 0 spiro atoms. The van der Waals surface area contributed by atoms with Crippen molar-refractivity contribution in [2.24, 2.45) is 40.5 Å². The Balaban J connectivity index is 0.958. The molecule has 168 valence electrons. The summed E-state index contributed by atoms with van der Waals surface area (Å²) in [5.74, 6) is 3.47. The third-order valence-corrected chi connectivity index (χ3v) is 8.63. The zero-order valence-corrected chi connectivity index (χ0v) is 18.7. The standard InChI is InChI=1S/C26H32N4O2/c1-27-26(29-14-20-19-10-9-15-5-2-3-6-18(15)23(19)20)28-11-4-12-30-24(31)21-16-7-8-17(13-16)22(21)25(30)32/h2-3,5-8,16-17,19-23H,4,9-14H2,1H3,(H2,27,28,29). The highest BCUT2D eigenvalue weighted by molar-refractivity contribution is 6.06. The molecule has 1 aromatic carbocycles. The maximum atomic E-state index is 12.8. The molecule has 6 rings (SSSR count). The van der Waals surface area contributed by atoms with E-state index in [0.717, 1.165) is 31.3 Å². The fraction of sp³-hybridized carbons (Fsp3) is 0.577. The van der Waals surface area contributed by atoms with Gasteiger partial charge in [-0.15, -0.1) is 0 Å². The molecule has 5 aliphatic rings. The molecular formula is C26H32N4O2. The van der Waals surface area contributed by atoms with Crippen molar-refractivity contribution in [3.8, 4) is 0 Å². The normalized spacial score (nSPS) is 36.2.